The summed E-state index contributed by atoms with van der Waals surface area (Å²) in [5.74, 6) is 1.60. The first-order valence-corrected chi connectivity index (χ1v) is 9.13. The minimum absolute atomic E-state index is 0.131. The quantitative estimate of drug-likeness (QED) is 0.388. The Balaban J connectivity index is 1.34. The standard InChI is InChI=1S/C20H25N5O2/c1-21-20(25-11-10-23-19(26)17-3-2-8-22-14-17)24-9-6-15-4-5-18-16(13-15)7-12-27-18/h2-5,8,13-14H,6-7,9-12H2,1H3,(H,23,26)(H2,21,24,25). The summed E-state index contributed by atoms with van der Waals surface area (Å²) in [7, 11) is 1.73. The minimum atomic E-state index is -0.131. The molecule has 0 atom stereocenters. The normalized spacial score (nSPS) is 12.9. The highest BCUT2D eigenvalue weighted by atomic mass is 16.5. The second kappa shape index (κ2) is 9.56. The molecule has 0 aliphatic carbocycles. The van der Waals surface area contributed by atoms with Crippen LogP contribution in [-0.4, -0.2) is 50.1 Å². The van der Waals surface area contributed by atoms with Crippen molar-refractivity contribution in [3.05, 3.63) is 59.4 Å². The van der Waals surface area contributed by atoms with Gasteiger partial charge in [-0.1, -0.05) is 12.1 Å². The molecule has 1 amide bonds. The van der Waals surface area contributed by atoms with Crippen molar-refractivity contribution < 1.29 is 9.53 Å². The molecule has 142 valence electrons. The number of hydrogen-bond acceptors (Lipinski definition) is 4. The summed E-state index contributed by atoms with van der Waals surface area (Å²) < 4.78 is 5.54. The number of nitrogens with zero attached hydrogens (tertiary/aromatic N) is 2. The van der Waals surface area contributed by atoms with E-state index in [1.54, 1.807) is 31.6 Å². The lowest BCUT2D eigenvalue weighted by atomic mass is 10.1. The van der Waals surface area contributed by atoms with Crippen molar-refractivity contribution in [2.45, 2.75) is 12.8 Å². The van der Waals surface area contributed by atoms with Gasteiger partial charge in [-0.15, -0.1) is 0 Å². The van der Waals surface area contributed by atoms with E-state index in [4.69, 9.17) is 4.74 Å². The van der Waals surface area contributed by atoms with Gasteiger partial charge in [0.05, 0.1) is 12.2 Å². The Bertz CT molecular complexity index is 792. The maximum absolute atomic E-state index is 11.9. The van der Waals surface area contributed by atoms with Crippen molar-refractivity contribution in [3.8, 4) is 5.75 Å². The number of pyridine rings is 1. The maximum atomic E-state index is 11.9. The number of amides is 1. The Morgan fingerprint density at radius 3 is 2.85 bits per heavy atom. The number of hydrogen-bond donors (Lipinski definition) is 3. The topological polar surface area (TPSA) is 87.6 Å². The molecular formula is C20H25N5O2. The lowest BCUT2D eigenvalue weighted by Gasteiger charge is -2.12. The third-order valence-electron chi connectivity index (χ3n) is 4.31. The van der Waals surface area contributed by atoms with Gasteiger partial charge in [-0.2, -0.15) is 0 Å². The molecule has 0 fully saturated rings. The Morgan fingerprint density at radius 2 is 2.04 bits per heavy atom. The van der Waals surface area contributed by atoms with Crippen LogP contribution in [0.2, 0.25) is 0 Å². The predicted molar refractivity (Wildman–Crippen MR) is 105 cm³/mol. The van der Waals surface area contributed by atoms with Crippen LogP contribution in [0, 0.1) is 0 Å². The van der Waals surface area contributed by atoms with Crippen molar-refractivity contribution >= 4 is 11.9 Å². The first kappa shape index (κ1) is 18.7. The van der Waals surface area contributed by atoms with Gasteiger partial charge in [-0.05, 0) is 35.7 Å². The van der Waals surface area contributed by atoms with Crippen molar-refractivity contribution in [1.82, 2.24) is 20.9 Å². The van der Waals surface area contributed by atoms with E-state index in [1.165, 1.54) is 11.1 Å². The molecule has 1 aromatic heterocycles. The molecule has 0 saturated carbocycles. The lowest BCUT2D eigenvalue weighted by molar-refractivity contribution is 0.0954. The number of nitrogens with one attached hydrogen (secondary N) is 3. The van der Waals surface area contributed by atoms with Crippen LogP contribution in [0.15, 0.2) is 47.7 Å². The number of fused-ring (bicyclic) bond motifs is 1. The Hall–Kier alpha value is -3.09. The molecule has 3 rings (SSSR count). The fourth-order valence-electron chi connectivity index (χ4n) is 2.90. The summed E-state index contributed by atoms with van der Waals surface area (Å²) in [5.41, 5.74) is 3.13. The summed E-state index contributed by atoms with van der Waals surface area (Å²) >= 11 is 0. The number of benzene rings is 1. The van der Waals surface area contributed by atoms with Crippen LogP contribution in [0.25, 0.3) is 0 Å². The third kappa shape index (κ3) is 5.44. The molecule has 0 unspecified atom stereocenters. The Kier molecular flexibility index (Phi) is 6.62. The van der Waals surface area contributed by atoms with Gasteiger partial charge in [0, 0.05) is 45.5 Å². The monoisotopic (exact) mass is 367 g/mol. The highest BCUT2D eigenvalue weighted by Crippen LogP contribution is 2.25. The Morgan fingerprint density at radius 1 is 1.19 bits per heavy atom. The number of ether oxygens (including phenoxy) is 1. The summed E-state index contributed by atoms with van der Waals surface area (Å²) in [5, 5.41) is 9.33. The number of carbonyl (C=O) groups is 1. The summed E-state index contributed by atoms with van der Waals surface area (Å²) in [6.07, 6.45) is 5.09. The van der Waals surface area contributed by atoms with Crippen molar-refractivity contribution in [2.75, 3.05) is 33.3 Å². The number of aromatic nitrogens is 1. The predicted octanol–water partition coefficient (Wildman–Crippen LogP) is 1.15. The zero-order valence-corrected chi connectivity index (χ0v) is 15.5. The first-order valence-electron chi connectivity index (χ1n) is 9.13. The van der Waals surface area contributed by atoms with E-state index in [-0.39, 0.29) is 5.91 Å². The van der Waals surface area contributed by atoms with Crippen LogP contribution in [-0.2, 0) is 12.8 Å². The molecule has 7 heteroatoms. The second-order valence-electron chi connectivity index (χ2n) is 6.21. The highest BCUT2D eigenvalue weighted by molar-refractivity contribution is 5.93. The van der Waals surface area contributed by atoms with Crippen LogP contribution in [0.1, 0.15) is 21.5 Å². The van der Waals surface area contributed by atoms with Crippen LogP contribution < -0.4 is 20.7 Å². The molecule has 0 bridgehead atoms. The fraction of sp³-hybridized carbons (Fsp3) is 0.350. The molecule has 7 nitrogen and oxygen atoms in total. The van der Waals surface area contributed by atoms with E-state index in [0.29, 0.717) is 18.7 Å². The molecule has 3 N–H and O–H groups in total. The lowest BCUT2D eigenvalue weighted by Crippen LogP contribution is -2.42. The molecule has 1 aliphatic rings. The Labute approximate surface area is 159 Å². The van der Waals surface area contributed by atoms with E-state index in [9.17, 15) is 4.79 Å². The number of aliphatic imine (C=N–C) groups is 1. The van der Waals surface area contributed by atoms with Gasteiger partial charge in [0.25, 0.3) is 5.91 Å². The number of guanidine groups is 1. The maximum Gasteiger partial charge on any atom is 0.252 e. The van der Waals surface area contributed by atoms with Crippen molar-refractivity contribution in [1.29, 1.82) is 0 Å². The molecule has 0 radical (unpaired) electrons. The van der Waals surface area contributed by atoms with Gasteiger partial charge in [-0.25, -0.2) is 0 Å². The van der Waals surface area contributed by atoms with Crippen LogP contribution >= 0.6 is 0 Å². The minimum Gasteiger partial charge on any atom is -0.493 e. The summed E-state index contributed by atoms with van der Waals surface area (Å²) in [4.78, 5) is 20.1. The molecule has 2 heterocycles. The van der Waals surface area contributed by atoms with Gasteiger partial charge in [-0.3, -0.25) is 14.8 Å². The van der Waals surface area contributed by atoms with Crippen molar-refractivity contribution in [3.63, 3.8) is 0 Å². The second-order valence-corrected chi connectivity index (χ2v) is 6.21. The number of rotatable bonds is 7. The zero-order chi connectivity index (χ0) is 18.9. The SMILES string of the molecule is CN=C(NCCNC(=O)c1cccnc1)NCCc1ccc2c(c1)CCO2. The van der Waals surface area contributed by atoms with Crippen molar-refractivity contribution in [2.24, 2.45) is 4.99 Å². The van der Waals surface area contributed by atoms with E-state index < -0.39 is 0 Å². The van der Waals surface area contributed by atoms with E-state index in [0.717, 1.165) is 37.7 Å². The first-order chi connectivity index (χ1) is 13.3. The molecule has 1 aliphatic heterocycles. The van der Waals surface area contributed by atoms with Crippen LogP contribution in [0.4, 0.5) is 0 Å². The molecular weight excluding hydrogens is 342 g/mol. The average molecular weight is 367 g/mol. The molecule has 1 aromatic carbocycles. The molecule has 0 saturated heterocycles. The largest absolute Gasteiger partial charge is 0.493 e. The smallest absolute Gasteiger partial charge is 0.252 e. The summed E-state index contributed by atoms with van der Waals surface area (Å²) in [6.45, 7) is 2.65. The molecule has 2 aromatic rings. The summed E-state index contributed by atoms with van der Waals surface area (Å²) in [6, 6.07) is 9.86. The number of carbonyl (C=O) groups excluding carboxylic acids is 1. The molecule has 0 spiro atoms. The van der Waals surface area contributed by atoms with Gasteiger partial charge in [0.15, 0.2) is 5.96 Å². The van der Waals surface area contributed by atoms with Gasteiger partial charge < -0.3 is 20.7 Å². The van der Waals surface area contributed by atoms with Gasteiger partial charge >= 0.3 is 0 Å². The third-order valence-corrected chi connectivity index (χ3v) is 4.31. The van der Waals surface area contributed by atoms with E-state index in [2.05, 4.69) is 44.1 Å². The highest BCUT2D eigenvalue weighted by Gasteiger charge is 2.11. The fourth-order valence-corrected chi connectivity index (χ4v) is 2.90. The van der Waals surface area contributed by atoms with E-state index in [1.807, 2.05) is 0 Å². The van der Waals surface area contributed by atoms with Crippen LogP contribution in [0.5, 0.6) is 5.75 Å². The van der Waals surface area contributed by atoms with Crippen LogP contribution in [0.3, 0.4) is 0 Å². The average Bonchev–Trinajstić information content (AvgIpc) is 3.18. The van der Waals surface area contributed by atoms with Gasteiger partial charge in [0.2, 0.25) is 0 Å². The molecule has 27 heavy (non-hydrogen) atoms. The zero-order valence-electron chi connectivity index (χ0n) is 15.5. The van der Waals surface area contributed by atoms with Gasteiger partial charge in [0.1, 0.15) is 5.75 Å². The van der Waals surface area contributed by atoms with E-state index >= 15 is 0 Å².